The Balaban J connectivity index is 2.63. The number of carbonyl (C=O) groups excluding carboxylic acids is 1. The lowest BCUT2D eigenvalue weighted by molar-refractivity contribution is -0.124. The summed E-state index contributed by atoms with van der Waals surface area (Å²) in [7, 11) is 0. The van der Waals surface area contributed by atoms with Crippen molar-refractivity contribution in [1.82, 2.24) is 0 Å². The second kappa shape index (κ2) is 3.21. The van der Waals surface area contributed by atoms with Gasteiger partial charge in [0.15, 0.2) is 5.78 Å². The molecule has 1 aliphatic carbocycles. The second-order valence-electron chi connectivity index (χ2n) is 3.69. The molecule has 0 atom stereocenters. The molecule has 0 aromatic carbocycles. The Kier molecular flexibility index (Phi) is 2.48. The Bertz CT molecular complexity index is 164. The maximum atomic E-state index is 11.4. The van der Waals surface area contributed by atoms with Crippen LogP contribution in [0.5, 0.6) is 0 Å². The van der Waals surface area contributed by atoms with E-state index in [2.05, 4.69) is 13.5 Å². The van der Waals surface area contributed by atoms with Crippen molar-refractivity contribution in [2.45, 2.75) is 39.0 Å². The van der Waals surface area contributed by atoms with Crippen LogP contribution in [-0.4, -0.2) is 5.78 Å². The summed E-state index contributed by atoms with van der Waals surface area (Å²) in [6.45, 7) is 5.60. The van der Waals surface area contributed by atoms with Crippen LogP contribution in [0.25, 0.3) is 0 Å². The van der Waals surface area contributed by atoms with Gasteiger partial charge in [0.1, 0.15) is 0 Å². The maximum absolute atomic E-state index is 11.4. The summed E-state index contributed by atoms with van der Waals surface area (Å²) in [6, 6.07) is 0. The lowest BCUT2D eigenvalue weighted by atomic mass is 9.73. The van der Waals surface area contributed by atoms with Gasteiger partial charge in [0.25, 0.3) is 0 Å². The van der Waals surface area contributed by atoms with Crippen molar-refractivity contribution >= 4 is 5.78 Å². The van der Waals surface area contributed by atoms with Gasteiger partial charge in [-0.05, 0) is 18.9 Å². The summed E-state index contributed by atoms with van der Waals surface area (Å²) in [5, 5.41) is 0. The van der Waals surface area contributed by atoms with Gasteiger partial charge in [0, 0.05) is 5.41 Å². The first-order valence-electron chi connectivity index (χ1n) is 4.36. The zero-order valence-corrected chi connectivity index (χ0v) is 7.23. The minimum Gasteiger partial charge on any atom is -0.294 e. The quantitative estimate of drug-likeness (QED) is 0.556. The van der Waals surface area contributed by atoms with Crippen molar-refractivity contribution in [3.05, 3.63) is 12.7 Å². The third kappa shape index (κ3) is 1.70. The average Bonchev–Trinajstić information content (AvgIpc) is 2.04. The first-order chi connectivity index (χ1) is 5.19. The SMILES string of the molecule is C=CC(=O)C1(C)CCCCC1. The van der Waals surface area contributed by atoms with E-state index in [1.165, 1.54) is 25.3 Å². The van der Waals surface area contributed by atoms with Gasteiger partial charge in [0.05, 0.1) is 0 Å². The van der Waals surface area contributed by atoms with Crippen molar-refractivity contribution in [2.24, 2.45) is 5.41 Å². The third-order valence-electron chi connectivity index (χ3n) is 2.74. The second-order valence-corrected chi connectivity index (χ2v) is 3.69. The topological polar surface area (TPSA) is 17.1 Å². The predicted molar refractivity (Wildman–Crippen MR) is 46.4 cm³/mol. The van der Waals surface area contributed by atoms with Gasteiger partial charge in [-0.1, -0.05) is 32.8 Å². The molecule has 0 radical (unpaired) electrons. The molecule has 0 spiro atoms. The van der Waals surface area contributed by atoms with Gasteiger partial charge in [-0.15, -0.1) is 0 Å². The van der Waals surface area contributed by atoms with Crippen LogP contribution in [0.15, 0.2) is 12.7 Å². The molecule has 1 heteroatoms. The first-order valence-corrected chi connectivity index (χ1v) is 4.36. The minimum atomic E-state index is -0.0694. The van der Waals surface area contributed by atoms with E-state index >= 15 is 0 Å². The van der Waals surface area contributed by atoms with Gasteiger partial charge in [-0.25, -0.2) is 0 Å². The minimum absolute atomic E-state index is 0.0694. The Morgan fingerprint density at radius 2 is 1.91 bits per heavy atom. The summed E-state index contributed by atoms with van der Waals surface area (Å²) in [5.41, 5.74) is -0.0694. The summed E-state index contributed by atoms with van der Waals surface area (Å²) in [4.78, 5) is 11.4. The van der Waals surface area contributed by atoms with Crippen LogP contribution in [-0.2, 0) is 4.79 Å². The Morgan fingerprint density at radius 3 is 2.36 bits per heavy atom. The molecule has 0 aromatic heterocycles. The van der Waals surface area contributed by atoms with Crippen LogP contribution >= 0.6 is 0 Å². The largest absolute Gasteiger partial charge is 0.294 e. The van der Waals surface area contributed by atoms with Crippen LogP contribution in [0, 0.1) is 5.41 Å². The van der Waals surface area contributed by atoms with Crippen molar-refractivity contribution in [1.29, 1.82) is 0 Å². The lowest BCUT2D eigenvalue weighted by Gasteiger charge is -2.30. The molecular formula is C10H16O. The standard InChI is InChI=1S/C10H16O/c1-3-9(11)10(2)7-5-4-6-8-10/h3H,1,4-8H2,2H3. The molecule has 0 N–H and O–H groups in total. The highest BCUT2D eigenvalue weighted by molar-refractivity contribution is 5.94. The monoisotopic (exact) mass is 152 g/mol. The maximum Gasteiger partial charge on any atom is 0.160 e. The van der Waals surface area contributed by atoms with Crippen molar-refractivity contribution in [3.63, 3.8) is 0 Å². The molecule has 0 saturated heterocycles. The molecule has 1 fully saturated rings. The van der Waals surface area contributed by atoms with E-state index in [1.807, 2.05) is 0 Å². The van der Waals surface area contributed by atoms with Crippen molar-refractivity contribution in [3.8, 4) is 0 Å². The highest BCUT2D eigenvalue weighted by atomic mass is 16.1. The molecule has 1 saturated carbocycles. The molecule has 1 aliphatic rings. The van der Waals surface area contributed by atoms with E-state index in [4.69, 9.17) is 0 Å². The van der Waals surface area contributed by atoms with E-state index in [9.17, 15) is 4.79 Å². The summed E-state index contributed by atoms with van der Waals surface area (Å²) in [5.74, 6) is 0.234. The van der Waals surface area contributed by atoms with Crippen molar-refractivity contribution < 1.29 is 4.79 Å². The zero-order valence-electron chi connectivity index (χ0n) is 7.23. The van der Waals surface area contributed by atoms with Crippen LogP contribution < -0.4 is 0 Å². The number of carbonyl (C=O) groups is 1. The first kappa shape index (κ1) is 8.51. The number of rotatable bonds is 2. The third-order valence-corrected chi connectivity index (χ3v) is 2.74. The van der Waals surface area contributed by atoms with Crippen molar-refractivity contribution in [2.75, 3.05) is 0 Å². The van der Waals surface area contributed by atoms with Gasteiger partial charge in [-0.2, -0.15) is 0 Å². The Hall–Kier alpha value is -0.590. The number of hydrogen-bond donors (Lipinski definition) is 0. The molecule has 1 rings (SSSR count). The zero-order chi connectivity index (χ0) is 8.32. The fourth-order valence-electron chi connectivity index (χ4n) is 1.82. The smallest absolute Gasteiger partial charge is 0.160 e. The van der Waals surface area contributed by atoms with Crippen LogP contribution in [0.4, 0.5) is 0 Å². The summed E-state index contributed by atoms with van der Waals surface area (Å²) >= 11 is 0. The fraction of sp³-hybridized carbons (Fsp3) is 0.700. The fourth-order valence-corrected chi connectivity index (χ4v) is 1.82. The molecule has 0 bridgehead atoms. The van der Waals surface area contributed by atoms with Crippen LogP contribution in [0.2, 0.25) is 0 Å². The highest BCUT2D eigenvalue weighted by Crippen LogP contribution is 2.36. The number of ketones is 1. The number of hydrogen-bond acceptors (Lipinski definition) is 1. The molecular weight excluding hydrogens is 136 g/mol. The molecule has 0 amide bonds. The van der Waals surface area contributed by atoms with E-state index < -0.39 is 0 Å². The normalized spacial score (nSPS) is 22.6. The molecule has 1 nitrogen and oxygen atoms in total. The number of allylic oxidation sites excluding steroid dienone is 1. The van der Waals surface area contributed by atoms with Gasteiger partial charge in [-0.3, -0.25) is 4.79 Å². The molecule has 0 aromatic rings. The van der Waals surface area contributed by atoms with Crippen LogP contribution in [0.3, 0.4) is 0 Å². The average molecular weight is 152 g/mol. The molecule has 0 heterocycles. The molecule has 62 valence electrons. The molecule has 0 unspecified atom stereocenters. The Labute approximate surface area is 68.5 Å². The van der Waals surface area contributed by atoms with E-state index in [-0.39, 0.29) is 11.2 Å². The molecule has 11 heavy (non-hydrogen) atoms. The van der Waals surface area contributed by atoms with Crippen LogP contribution in [0.1, 0.15) is 39.0 Å². The van der Waals surface area contributed by atoms with E-state index in [0.29, 0.717) is 0 Å². The summed E-state index contributed by atoms with van der Waals surface area (Å²) < 4.78 is 0. The van der Waals surface area contributed by atoms with Gasteiger partial charge < -0.3 is 0 Å². The van der Waals surface area contributed by atoms with E-state index in [0.717, 1.165) is 12.8 Å². The Morgan fingerprint density at radius 1 is 1.36 bits per heavy atom. The molecule has 0 aliphatic heterocycles. The predicted octanol–water partition coefficient (Wildman–Crippen LogP) is 2.71. The lowest BCUT2D eigenvalue weighted by Crippen LogP contribution is -2.28. The summed E-state index contributed by atoms with van der Waals surface area (Å²) in [6.07, 6.45) is 7.28. The van der Waals surface area contributed by atoms with E-state index in [1.54, 1.807) is 0 Å². The highest BCUT2D eigenvalue weighted by Gasteiger charge is 2.31. The van der Waals surface area contributed by atoms with Gasteiger partial charge in [0.2, 0.25) is 0 Å². The van der Waals surface area contributed by atoms with Gasteiger partial charge >= 0.3 is 0 Å².